The van der Waals surface area contributed by atoms with Crippen LogP contribution in [0.25, 0.3) is 11.1 Å². The van der Waals surface area contributed by atoms with Gasteiger partial charge in [0.2, 0.25) is 0 Å². The molecular formula is C31H39FN4O. The molecule has 0 saturated carbocycles. The van der Waals surface area contributed by atoms with Gasteiger partial charge in [0.15, 0.2) is 0 Å². The van der Waals surface area contributed by atoms with Crippen molar-refractivity contribution in [3.8, 4) is 16.9 Å². The Morgan fingerprint density at radius 2 is 1.73 bits per heavy atom. The van der Waals surface area contributed by atoms with E-state index >= 15 is 0 Å². The van der Waals surface area contributed by atoms with Gasteiger partial charge in [-0.1, -0.05) is 38.1 Å². The molecule has 2 fully saturated rings. The predicted octanol–water partition coefficient (Wildman–Crippen LogP) is 6.22. The van der Waals surface area contributed by atoms with Gasteiger partial charge < -0.3 is 14.5 Å². The van der Waals surface area contributed by atoms with E-state index < -0.39 is 0 Å². The number of halogens is 1. The van der Waals surface area contributed by atoms with Crippen LogP contribution in [-0.4, -0.2) is 53.7 Å². The summed E-state index contributed by atoms with van der Waals surface area (Å²) in [5.74, 6) is 2.24. The van der Waals surface area contributed by atoms with Crippen LogP contribution in [0.2, 0.25) is 0 Å². The SMILES string of the molecule is CC(C)CN1CC2(CCN(c3ncncc3Cc3ccc(F)cc3-c3ccccc3OC(C)C)CC2)C1. The first kappa shape index (κ1) is 25.7. The van der Waals surface area contributed by atoms with Crippen LogP contribution in [0.5, 0.6) is 5.75 Å². The Hall–Kier alpha value is -2.99. The molecule has 37 heavy (non-hydrogen) atoms. The summed E-state index contributed by atoms with van der Waals surface area (Å²) in [7, 11) is 0. The second kappa shape index (κ2) is 10.8. The molecular weight excluding hydrogens is 463 g/mol. The molecule has 0 radical (unpaired) electrons. The van der Waals surface area contributed by atoms with Crippen LogP contribution in [0.1, 0.15) is 51.7 Å². The number of para-hydroxylation sites is 1. The van der Waals surface area contributed by atoms with Crippen molar-refractivity contribution in [1.82, 2.24) is 14.9 Å². The molecule has 2 aliphatic rings. The average Bonchev–Trinajstić information content (AvgIpc) is 2.85. The van der Waals surface area contributed by atoms with Crippen LogP contribution in [0, 0.1) is 17.2 Å². The van der Waals surface area contributed by atoms with Crippen LogP contribution in [-0.2, 0) is 6.42 Å². The Morgan fingerprint density at radius 3 is 2.46 bits per heavy atom. The van der Waals surface area contributed by atoms with Crippen molar-refractivity contribution in [2.45, 2.75) is 53.1 Å². The van der Waals surface area contributed by atoms with Crippen molar-refractivity contribution >= 4 is 5.82 Å². The third-order valence-electron chi connectivity index (χ3n) is 7.62. The summed E-state index contributed by atoms with van der Waals surface area (Å²) < 4.78 is 20.5. The number of anilines is 1. The van der Waals surface area contributed by atoms with Crippen molar-refractivity contribution in [3.05, 3.63) is 71.9 Å². The fourth-order valence-electron chi connectivity index (χ4n) is 6.02. The highest BCUT2D eigenvalue weighted by Crippen LogP contribution is 2.42. The van der Waals surface area contributed by atoms with Gasteiger partial charge >= 0.3 is 0 Å². The zero-order valence-electron chi connectivity index (χ0n) is 22.6. The van der Waals surface area contributed by atoms with E-state index in [1.54, 1.807) is 18.5 Å². The average molecular weight is 503 g/mol. The van der Waals surface area contributed by atoms with Crippen molar-refractivity contribution in [2.24, 2.45) is 11.3 Å². The number of hydrogen-bond acceptors (Lipinski definition) is 5. The highest BCUT2D eigenvalue weighted by Gasteiger charge is 2.44. The second-order valence-electron chi connectivity index (χ2n) is 11.6. The Kier molecular flexibility index (Phi) is 7.47. The van der Waals surface area contributed by atoms with Crippen molar-refractivity contribution < 1.29 is 9.13 Å². The molecule has 196 valence electrons. The zero-order valence-corrected chi connectivity index (χ0v) is 22.6. The molecule has 5 rings (SSSR count). The molecule has 2 aliphatic heterocycles. The van der Waals surface area contributed by atoms with Gasteiger partial charge in [0.25, 0.3) is 0 Å². The Bertz CT molecular complexity index is 1210. The molecule has 0 aliphatic carbocycles. The van der Waals surface area contributed by atoms with Gasteiger partial charge in [0.1, 0.15) is 23.7 Å². The Labute approximate surface area is 220 Å². The van der Waals surface area contributed by atoms with Gasteiger partial charge in [0, 0.05) is 56.5 Å². The van der Waals surface area contributed by atoms with Crippen LogP contribution < -0.4 is 9.64 Å². The van der Waals surface area contributed by atoms with Crippen LogP contribution in [0.4, 0.5) is 10.2 Å². The molecule has 2 aromatic carbocycles. The molecule has 1 spiro atoms. The first-order valence-corrected chi connectivity index (χ1v) is 13.6. The molecule has 6 heteroatoms. The van der Waals surface area contributed by atoms with Crippen molar-refractivity contribution in [3.63, 3.8) is 0 Å². The zero-order chi connectivity index (χ0) is 26.0. The van der Waals surface area contributed by atoms with Crippen molar-refractivity contribution in [1.29, 1.82) is 0 Å². The molecule has 3 aromatic rings. The number of hydrogen-bond donors (Lipinski definition) is 0. The minimum absolute atomic E-state index is 0.0304. The van der Waals surface area contributed by atoms with Gasteiger partial charge in [-0.25, -0.2) is 14.4 Å². The fraction of sp³-hybridized carbons (Fsp3) is 0.484. The molecule has 5 nitrogen and oxygen atoms in total. The van der Waals surface area contributed by atoms with Gasteiger partial charge in [0.05, 0.1) is 6.10 Å². The van der Waals surface area contributed by atoms with E-state index in [-0.39, 0.29) is 11.9 Å². The number of rotatable bonds is 8. The lowest BCUT2D eigenvalue weighted by Gasteiger charge is -2.54. The molecule has 0 N–H and O–H groups in total. The summed E-state index contributed by atoms with van der Waals surface area (Å²) in [5.41, 5.74) is 4.34. The summed E-state index contributed by atoms with van der Waals surface area (Å²) in [6, 6.07) is 12.9. The highest BCUT2D eigenvalue weighted by atomic mass is 19.1. The first-order valence-electron chi connectivity index (χ1n) is 13.6. The maximum absolute atomic E-state index is 14.5. The molecule has 0 bridgehead atoms. The number of nitrogens with zero attached hydrogens (tertiary/aromatic N) is 4. The summed E-state index contributed by atoms with van der Waals surface area (Å²) in [6.07, 6.45) is 6.63. The summed E-state index contributed by atoms with van der Waals surface area (Å²) in [4.78, 5) is 14.1. The molecule has 0 amide bonds. The molecule has 0 atom stereocenters. The monoisotopic (exact) mass is 502 g/mol. The van der Waals surface area contributed by atoms with Gasteiger partial charge in [-0.05, 0) is 67.3 Å². The summed E-state index contributed by atoms with van der Waals surface area (Å²) >= 11 is 0. The van der Waals surface area contributed by atoms with Gasteiger partial charge in [-0.15, -0.1) is 0 Å². The van der Waals surface area contributed by atoms with Crippen LogP contribution >= 0.6 is 0 Å². The number of aromatic nitrogens is 2. The third kappa shape index (κ3) is 5.80. The Balaban J connectivity index is 1.36. The maximum atomic E-state index is 14.5. The Morgan fingerprint density at radius 1 is 0.973 bits per heavy atom. The van der Waals surface area contributed by atoms with E-state index in [2.05, 4.69) is 28.6 Å². The lowest BCUT2D eigenvalue weighted by atomic mass is 9.71. The quantitative estimate of drug-likeness (QED) is 0.366. The van der Waals surface area contributed by atoms with Gasteiger partial charge in [-0.3, -0.25) is 0 Å². The van der Waals surface area contributed by atoms with E-state index in [0.29, 0.717) is 11.8 Å². The molecule has 3 heterocycles. The summed E-state index contributed by atoms with van der Waals surface area (Å²) in [5, 5.41) is 0. The highest BCUT2D eigenvalue weighted by molar-refractivity contribution is 5.74. The fourth-order valence-corrected chi connectivity index (χ4v) is 6.02. The lowest BCUT2D eigenvalue weighted by Crippen LogP contribution is -2.61. The topological polar surface area (TPSA) is 41.5 Å². The number of piperidine rings is 1. The molecule has 1 aromatic heterocycles. The normalized spacial score (nSPS) is 17.4. The van der Waals surface area contributed by atoms with E-state index in [9.17, 15) is 4.39 Å². The number of benzene rings is 2. The predicted molar refractivity (Wildman–Crippen MR) is 148 cm³/mol. The van der Waals surface area contributed by atoms with E-state index in [0.717, 1.165) is 52.8 Å². The van der Waals surface area contributed by atoms with Crippen molar-refractivity contribution in [2.75, 3.05) is 37.6 Å². The minimum Gasteiger partial charge on any atom is -0.490 e. The molecule has 2 saturated heterocycles. The van der Waals surface area contributed by atoms with E-state index in [4.69, 9.17) is 9.72 Å². The van der Waals surface area contributed by atoms with E-state index in [1.165, 1.54) is 32.5 Å². The van der Waals surface area contributed by atoms with E-state index in [1.807, 2.05) is 50.4 Å². The second-order valence-corrected chi connectivity index (χ2v) is 11.6. The summed E-state index contributed by atoms with van der Waals surface area (Å²) in [6.45, 7) is 14.3. The number of likely N-dealkylation sites (tertiary alicyclic amines) is 1. The standard InChI is InChI=1S/C31H39FN4O/c1-22(2)18-35-19-31(20-35)11-13-36(14-12-31)30-25(17-33-21-34-30)15-24-9-10-26(32)16-28(24)27-7-5-6-8-29(27)37-23(3)4/h5-10,16-17,21-23H,11-15,18-20H2,1-4H3. The van der Waals surface area contributed by atoms with Crippen LogP contribution in [0.3, 0.4) is 0 Å². The third-order valence-corrected chi connectivity index (χ3v) is 7.62. The first-order chi connectivity index (χ1) is 17.8. The number of ether oxygens (including phenoxy) is 1. The minimum atomic E-state index is -0.254. The largest absolute Gasteiger partial charge is 0.490 e. The molecule has 0 unspecified atom stereocenters. The lowest BCUT2D eigenvalue weighted by molar-refractivity contribution is -0.0248. The maximum Gasteiger partial charge on any atom is 0.135 e. The van der Waals surface area contributed by atoms with Crippen LogP contribution in [0.15, 0.2) is 55.0 Å². The smallest absolute Gasteiger partial charge is 0.135 e. The van der Waals surface area contributed by atoms with Gasteiger partial charge in [-0.2, -0.15) is 0 Å².